The smallest absolute Gasteiger partial charge is 0.268 e. The molecule has 3 rings (SSSR count). The van der Waals surface area contributed by atoms with E-state index in [2.05, 4.69) is 11.4 Å². The van der Waals surface area contributed by atoms with Gasteiger partial charge in [-0.15, -0.1) is 0 Å². The second-order valence-electron chi connectivity index (χ2n) is 5.65. The topological polar surface area (TPSA) is 43.3 Å². The van der Waals surface area contributed by atoms with Crippen molar-refractivity contribution >= 4 is 16.8 Å². The molecule has 3 aromatic rings. The van der Waals surface area contributed by atoms with Crippen LogP contribution in [-0.2, 0) is 13.6 Å². The molecule has 4 nitrogen and oxygen atoms in total. The second-order valence-corrected chi connectivity index (χ2v) is 5.65. The maximum Gasteiger partial charge on any atom is 0.268 e. The normalized spacial score (nSPS) is 10.7. The average molecular weight is 308 g/mol. The third-order valence-corrected chi connectivity index (χ3v) is 4.03. The lowest BCUT2D eigenvalue weighted by Crippen LogP contribution is -2.24. The largest absolute Gasteiger partial charge is 0.496 e. The quantitative estimate of drug-likeness (QED) is 0.802. The highest BCUT2D eigenvalue weighted by atomic mass is 16.5. The van der Waals surface area contributed by atoms with Gasteiger partial charge in [-0.1, -0.05) is 35.9 Å². The fourth-order valence-corrected chi connectivity index (χ4v) is 2.82. The molecule has 0 saturated heterocycles. The first-order valence-corrected chi connectivity index (χ1v) is 7.56. The third kappa shape index (κ3) is 2.93. The summed E-state index contributed by atoms with van der Waals surface area (Å²) in [7, 11) is 3.53. The van der Waals surface area contributed by atoms with Crippen LogP contribution in [0.3, 0.4) is 0 Å². The molecule has 0 spiro atoms. The molecule has 1 aromatic heterocycles. The van der Waals surface area contributed by atoms with Crippen LogP contribution in [-0.4, -0.2) is 17.6 Å². The Morgan fingerprint density at radius 2 is 1.96 bits per heavy atom. The molecule has 2 aromatic carbocycles. The van der Waals surface area contributed by atoms with Crippen molar-refractivity contribution in [2.75, 3.05) is 7.11 Å². The molecule has 0 bridgehead atoms. The minimum Gasteiger partial charge on any atom is -0.496 e. The number of rotatable bonds is 4. The van der Waals surface area contributed by atoms with Gasteiger partial charge in [-0.25, -0.2) is 0 Å². The maximum absolute atomic E-state index is 12.5. The fraction of sp³-hybridized carbons (Fsp3) is 0.211. The first-order chi connectivity index (χ1) is 11.1. The van der Waals surface area contributed by atoms with Gasteiger partial charge in [0, 0.05) is 19.0 Å². The van der Waals surface area contributed by atoms with Crippen LogP contribution in [0, 0.1) is 6.92 Å². The maximum atomic E-state index is 12.5. The van der Waals surface area contributed by atoms with Gasteiger partial charge < -0.3 is 14.6 Å². The van der Waals surface area contributed by atoms with E-state index >= 15 is 0 Å². The molecule has 0 aliphatic heterocycles. The van der Waals surface area contributed by atoms with Gasteiger partial charge in [-0.2, -0.15) is 0 Å². The molecular weight excluding hydrogens is 288 g/mol. The molecule has 0 saturated carbocycles. The number of nitrogens with one attached hydrogen (secondary N) is 1. The fourth-order valence-electron chi connectivity index (χ4n) is 2.82. The van der Waals surface area contributed by atoms with Crippen LogP contribution in [0.15, 0.2) is 48.5 Å². The number of aromatic nitrogens is 1. The molecule has 118 valence electrons. The summed E-state index contributed by atoms with van der Waals surface area (Å²) >= 11 is 0. The van der Waals surface area contributed by atoms with Crippen molar-refractivity contribution in [3.63, 3.8) is 0 Å². The molecule has 1 N–H and O–H groups in total. The monoisotopic (exact) mass is 308 g/mol. The van der Waals surface area contributed by atoms with Gasteiger partial charge in [-0.05, 0) is 30.7 Å². The number of benzene rings is 2. The molecule has 23 heavy (non-hydrogen) atoms. The van der Waals surface area contributed by atoms with Crippen LogP contribution in [0.2, 0.25) is 0 Å². The number of carbonyl (C=O) groups excluding carboxylic acids is 1. The third-order valence-electron chi connectivity index (χ3n) is 4.03. The highest BCUT2D eigenvalue weighted by Crippen LogP contribution is 2.28. The van der Waals surface area contributed by atoms with Gasteiger partial charge in [0.1, 0.15) is 11.4 Å². The van der Waals surface area contributed by atoms with Crippen molar-refractivity contribution < 1.29 is 9.53 Å². The van der Waals surface area contributed by atoms with Crippen molar-refractivity contribution in [1.29, 1.82) is 0 Å². The van der Waals surface area contributed by atoms with E-state index in [1.807, 2.05) is 61.0 Å². The molecule has 0 fully saturated rings. The minimum absolute atomic E-state index is 0.0905. The summed E-state index contributed by atoms with van der Waals surface area (Å²) in [6.45, 7) is 2.56. The van der Waals surface area contributed by atoms with E-state index in [9.17, 15) is 4.79 Å². The molecule has 0 atom stereocenters. The predicted molar refractivity (Wildman–Crippen MR) is 91.8 cm³/mol. The number of amides is 1. The SMILES string of the molecule is COc1cccc2c1cc(C(=O)NCc1cccc(C)c1)n2C. The zero-order valence-electron chi connectivity index (χ0n) is 13.6. The van der Waals surface area contributed by atoms with E-state index in [1.54, 1.807) is 7.11 Å². The Balaban J connectivity index is 1.85. The van der Waals surface area contributed by atoms with Crippen LogP contribution >= 0.6 is 0 Å². The van der Waals surface area contributed by atoms with Gasteiger partial charge in [0.2, 0.25) is 0 Å². The van der Waals surface area contributed by atoms with Crippen LogP contribution in [0.4, 0.5) is 0 Å². The Kier molecular flexibility index (Phi) is 4.06. The zero-order chi connectivity index (χ0) is 16.4. The highest BCUT2D eigenvalue weighted by molar-refractivity contribution is 6.00. The second kappa shape index (κ2) is 6.16. The first kappa shape index (κ1) is 15.2. The predicted octanol–water partition coefficient (Wildman–Crippen LogP) is 3.43. The summed E-state index contributed by atoms with van der Waals surface area (Å²) in [6, 6.07) is 15.8. The zero-order valence-corrected chi connectivity index (χ0v) is 13.6. The summed E-state index contributed by atoms with van der Waals surface area (Å²) in [5.74, 6) is 0.683. The van der Waals surface area contributed by atoms with Crippen molar-refractivity contribution in [3.05, 3.63) is 65.4 Å². The Morgan fingerprint density at radius 1 is 1.17 bits per heavy atom. The van der Waals surface area contributed by atoms with E-state index in [0.29, 0.717) is 12.2 Å². The number of hydrogen-bond donors (Lipinski definition) is 1. The average Bonchev–Trinajstić information content (AvgIpc) is 2.90. The van der Waals surface area contributed by atoms with Gasteiger partial charge in [0.15, 0.2) is 0 Å². The van der Waals surface area contributed by atoms with Crippen LogP contribution < -0.4 is 10.1 Å². The molecule has 0 aliphatic carbocycles. The summed E-state index contributed by atoms with van der Waals surface area (Å²) in [6.07, 6.45) is 0. The van der Waals surface area contributed by atoms with E-state index in [0.717, 1.165) is 22.2 Å². The van der Waals surface area contributed by atoms with Crippen molar-refractivity contribution in [2.24, 2.45) is 7.05 Å². The van der Waals surface area contributed by atoms with Crippen molar-refractivity contribution in [2.45, 2.75) is 13.5 Å². The number of methoxy groups -OCH3 is 1. The van der Waals surface area contributed by atoms with E-state index in [4.69, 9.17) is 4.74 Å². The summed E-state index contributed by atoms with van der Waals surface area (Å²) in [5, 5.41) is 3.92. The molecule has 4 heteroatoms. The molecular formula is C19H20N2O2. The van der Waals surface area contributed by atoms with Gasteiger partial charge in [0.25, 0.3) is 5.91 Å². The Labute approximate surface area is 135 Å². The van der Waals surface area contributed by atoms with Crippen molar-refractivity contribution in [3.8, 4) is 5.75 Å². The van der Waals surface area contributed by atoms with Gasteiger partial charge in [-0.3, -0.25) is 4.79 Å². The number of hydrogen-bond acceptors (Lipinski definition) is 2. The standard InChI is InChI=1S/C19H20N2O2/c1-13-6-4-7-14(10-13)12-20-19(22)17-11-15-16(21(17)2)8-5-9-18(15)23-3/h4-11H,12H2,1-3H3,(H,20,22). The van der Waals surface area contributed by atoms with Crippen LogP contribution in [0.5, 0.6) is 5.75 Å². The minimum atomic E-state index is -0.0905. The Morgan fingerprint density at radius 3 is 2.70 bits per heavy atom. The number of nitrogens with zero attached hydrogens (tertiary/aromatic N) is 1. The molecule has 1 amide bonds. The summed E-state index contributed by atoms with van der Waals surface area (Å²) < 4.78 is 7.27. The molecule has 0 unspecified atom stereocenters. The van der Waals surface area contributed by atoms with Gasteiger partial charge >= 0.3 is 0 Å². The summed E-state index contributed by atoms with van der Waals surface area (Å²) in [4.78, 5) is 12.5. The highest BCUT2D eigenvalue weighted by Gasteiger charge is 2.15. The van der Waals surface area contributed by atoms with E-state index in [1.165, 1.54) is 5.56 Å². The van der Waals surface area contributed by atoms with Crippen molar-refractivity contribution in [1.82, 2.24) is 9.88 Å². The number of carbonyl (C=O) groups is 1. The number of fused-ring (bicyclic) bond motifs is 1. The van der Waals surface area contributed by atoms with E-state index < -0.39 is 0 Å². The molecule has 1 heterocycles. The number of aryl methyl sites for hydroxylation is 2. The van der Waals surface area contributed by atoms with Crippen LogP contribution in [0.25, 0.3) is 10.9 Å². The molecule has 0 aliphatic rings. The summed E-state index contributed by atoms with van der Waals surface area (Å²) in [5.41, 5.74) is 3.88. The lowest BCUT2D eigenvalue weighted by atomic mass is 10.1. The Hall–Kier alpha value is -2.75. The lowest BCUT2D eigenvalue weighted by molar-refractivity contribution is 0.0943. The Bertz CT molecular complexity index is 865. The first-order valence-electron chi connectivity index (χ1n) is 7.56. The molecule has 0 radical (unpaired) electrons. The van der Waals surface area contributed by atoms with Gasteiger partial charge in [0.05, 0.1) is 12.6 Å². The number of ether oxygens (including phenoxy) is 1. The van der Waals surface area contributed by atoms with Crippen LogP contribution in [0.1, 0.15) is 21.6 Å². The lowest BCUT2D eigenvalue weighted by Gasteiger charge is -2.07. The van der Waals surface area contributed by atoms with E-state index in [-0.39, 0.29) is 5.91 Å².